The number of hydrogen-bond donors (Lipinski definition) is 21. The average molecular weight is 2020 g/mol. The van der Waals surface area contributed by atoms with Gasteiger partial charge < -0.3 is 127 Å². The van der Waals surface area contributed by atoms with Gasteiger partial charge in [-0.3, -0.25) is 96.5 Å². The number of aliphatic carboxylic acids is 1. The lowest BCUT2D eigenvalue weighted by Crippen LogP contribution is -2.61. The lowest BCUT2D eigenvalue weighted by molar-refractivity contribution is -0.148. The second kappa shape index (κ2) is 58.7. The van der Waals surface area contributed by atoms with E-state index < -0.39 is 252 Å². The lowest BCUT2D eigenvalue weighted by Gasteiger charge is -2.33. The van der Waals surface area contributed by atoms with Crippen molar-refractivity contribution >= 4 is 151 Å². The molecule has 44 nitrogen and oxygen atoms in total. The molecule has 0 spiro atoms. The van der Waals surface area contributed by atoms with Gasteiger partial charge in [-0.1, -0.05) is 129 Å². The van der Waals surface area contributed by atoms with Crippen molar-refractivity contribution in [1.82, 2.24) is 94.0 Å². The highest BCUT2D eigenvalue weighted by atomic mass is 35.5. The summed E-state index contributed by atoms with van der Waals surface area (Å²) in [6.45, 7) is 10.8. The third-order valence-corrected chi connectivity index (χ3v) is 27.9. The molecule has 0 bridgehead atoms. The Hall–Kier alpha value is -11.5. The number of carboxylic acid groups (broad SMARTS) is 1. The fourth-order valence-corrected chi connectivity index (χ4v) is 19.9. The van der Waals surface area contributed by atoms with E-state index in [9.17, 15) is 67.7 Å². The monoisotopic (exact) mass is 2020 g/mol. The van der Waals surface area contributed by atoms with E-state index in [2.05, 4.69) is 74.4 Å². The molecular formula is C93H144ClN23O21S2. The highest BCUT2D eigenvalue weighted by Gasteiger charge is 2.48. The summed E-state index contributed by atoms with van der Waals surface area (Å²) in [5.74, 6) is -18.3. The first-order valence-electron chi connectivity index (χ1n) is 48.5. The summed E-state index contributed by atoms with van der Waals surface area (Å²) in [5.41, 5.74) is 24.0. The van der Waals surface area contributed by atoms with Crippen LogP contribution in [0.5, 0.6) is 0 Å². The van der Waals surface area contributed by atoms with Crippen molar-refractivity contribution in [3.05, 3.63) is 70.7 Å². The number of nitrogens with zero attached hydrogens (tertiary/aromatic N) is 4. The summed E-state index contributed by atoms with van der Waals surface area (Å²) in [4.78, 5) is 281. The Kier molecular flexibility index (Phi) is 48.4. The van der Waals surface area contributed by atoms with E-state index >= 15 is 33.6 Å². The van der Waals surface area contributed by atoms with Crippen molar-refractivity contribution in [2.45, 2.75) is 312 Å². The molecule has 2 aromatic carbocycles. The molecule has 776 valence electrons. The van der Waals surface area contributed by atoms with Gasteiger partial charge in [0, 0.05) is 75.4 Å². The van der Waals surface area contributed by atoms with Gasteiger partial charge in [0.15, 0.2) is 5.96 Å². The third kappa shape index (κ3) is 35.9. The zero-order chi connectivity index (χ0) is 103. The molecule has 25 N–H and O–H groups in total. The number of carbonyl (C=O) groups is 19. The number of nitrogens with two attached hydrogens (primary N) is 4. The SMILES string of the molecule is CCCC[C@@H]1NC(=O)[C@H](CCCCN)NC(=O)[C@H](CCCNC(=N)N)NC(=O)[C@H](CC(C)C)NC(=O)C(NC(=O)[C@H](Cc2ccccc2Cl)NC(=O)[C@@H]2CCCN2C(=O)[C@@H](NC(C)=O)C(C)C)CCSSC[C@@H](C(=O)NC(CCCCN)C(=O)N2CCC[C@H]2C(=O)N2CCC[C@H]2C(=O)N[C@@H](CCC(=O)O)C(N)=O)NC(=O)[C@H](Cc2ccccc2)NC(=O)[C@H](CO)NC(=O)C(C)NC(=O)[C@@H]2CCCN2C1=O. The predicted molar refractivity (Wildman–Crippen MR) is 522 cm³/mol. The van der Waals surface area contributed by atoms with Gasteiger partial charge in [-0.2, -0.15) is 0 Å². The number of fused-ring (bicyclic) bond motifs is 1. The van der Waals surface area contributed by atoms with Crippen LogP contribution in [0.15, 0.2) is 54.6 Å². The van der Waals surface area contributed by atoms with Crippen molar-refractivity contribution in [2.24, 2.45) is 34.8 Å². The molecule has 17 atom stereocenters. The lowest BCUT2D eigenvalue weighted by atomic mass is 10.0. The number of nitrogens with one attached hydrogen (secondary N) is 15. The molecule has 5 aliphatic heterocycles. The zero-order valence-electron chi connectivity index (χ0n) is 80.9. The van der Waals surface area contributed by atoms with E-state index in [1.54, 1.807) is 82.3 Å². The second-order valence-corrected chi connectivity index (χ2v) is 39.8. The Balaban J connectivity index is 1.34. The molecule has 18 amide bonds. The number of halogens is 1. The van der Waals surface area contributed by atoms with Crippen LogP contribution >= 0.6 is 33.2 Å². The first kappa shape index (κ1) is 115. The molecular weight excluding hydrogens is 1870 g/mol. The highest BCUT2D eigenvalue weighted by molar-refractivity contribution is 8.76. The van der Waals surface area contributed by atoms with Crippen molar-refractivity contribution in [3.8, 4) is 0 Å². The van der Waals surface area contributed by atoms with Crippen LogP contribution < -0.4 is 97.4 Å². The van der Waals surface area contributed by atoms with Gasteiger partial charge in [0.05, 0.1) is 6.61 Å². The Morgan fingerprint density at radius 3 is 1.70 bits per heavy atom. The minimum Gasteiger partial charge on any atom is -0.481 e. The zero-order valence-corrected chi connectivity index (χ0v) is 83.2. The molecule has 5 fully saturated rings. The molecule has 47 heteroatoms. The van der Waals surface area contributed by atoms with E-state index in [0.717, 1.165) is 21.6 Å². The maximum absolute atomic E-state index is 15.7. The van der Waals surface area contributed by atoms with Gasteiger partial charge >= 0.3 is 5.97 Å². The summed E-state index contributed by atoms with van der Waals surface area (Å²) in [6, 6.07) is -9.66. The number of likely N-dealkylation sites (tertiary alicyclic amines) is 3. The summed E-state index contributed by atoms with van der Waals surface area (Å²) < 4.78 is 0. The van der Waals surface area contributed by atoms with Crippen molar-refractivity contribution in [1.29, 1.82) is 5.41 Å². The number of benzene rings is 2. The Morgan fingerprint density at radius 1 is 0.550 bits per heavy atom. The van der Waals surface area contributed by atoms with E-state index in [1.807, 2.05) is 6.92 Å². The predicted octanol–water partition coefficient (Wildman–Crippen LogP) is -2.03. The van der Waals surface area contributed by atoms with Crippen LogP contribution in [0, 0.1) is 17.2 Å². The molecule has 5 aliphatic rings. The number of rotatable bonds is 39. The van der Waals surface area contributed by atoms with E-state index in [4.69, 9.17) is 39.9 Å². The Labute approximate surface area is 828 Å². The number of aliphatic hydroxyl groups excluding tert-OH is 1. The topological polar surface area (TPSA) is 674 Å². The van der Waals surface area contributed by atoms with Crippen LogP contribution in [-0.4, -0.2) is 315 Å². The molecule has 2 aromatic rings. The van der Waals surface area contributed by atoms with Crippen molar-refractivity contribution < 1.29 is 101 Å². The van der Waals surface area contributed by atoms with Crippen LogP contribution in [0.25, 0.3) is 0 Å². The molecule has 0 saturated carbocycles. The standard InChI is InChI=1S/C93H144ClN23O21S2/c1-8-9-28-63-89(135)114-42-20-32-70(114)86(132)101-54(6)77(123)112-68(50-118)84(130)110-66(48-56-24-11-10-12-25-56)82(128)113-69(85(131)108-64(30-16-18-40-96)90(136)117-45-23-35-73(117)91(137)115-43-21-33-71(115)87(133)103-59(76(97)122)36-37-74(120)121)51-140-139-46-38-62(80(126)109-65(47-52(2)3)81(127)105-61(31-19-41-100-93(98)99)78(124)104-60(79(125)107-63)29-15-17-39-95)106-83(129)67(49-57-26-13-14-27-58(57)94)111-88(134)72-34-22-44-116(72)92(138)75(53(4)5)102-55(7)119/h10-14,24-27,52-54,59-73,75,118H,8-9,15-23,28-51,95-96H2,1-7H3,(H2,97,122)(H,101,132)(H,102,119)(H,103,133)(H,104,124)(H,105,127)(H,106,129)(H,107,125)(H,108,131)(H,109,126)(H,110,130)(H,111,134)(H,112,123)(H,113,128)(H,120,121)(H4,98,99,100)/t54?,59-,60-,61-,62?,63-,64?,65-,66-,67-,68-,69-,70-,71-,72-,73-,75-/m0/s1. The van der Waals surface area contributed by atoms with E-state index in [1.165, 1.54) is 33.4 Å². The number of unbranched alkanes of at least 4 members (excludes halogenated alkanes) is 3. The first-order valence-corrected chi connectivity index (χ1v) is 51.3. The number of aliphatic hydroxyl groups is 1. The number of primary amides is 1. The molecule has 7 rings (SSSR count). The fourth-order valence-electron chi connectivity index (χ4n) is 17.5. The van der Waals surface area contributed by atoms with Crippen LogP contribution in [0.3, 0.4) is 0 Å². The molecule has 140 heavy (non-hydrogen) atoms. The highest BCUT2D eigenvalue weighted by Crippen LogP contribution is 2.30. The summed E-state index contributed by atoms with van der Waals surface area (Å²) >= 11 is 6.80. The maximum Gasteiger partial charge on any atom is 0.303 e. The number of carbonyl (C=O) groups excluding carboxylic acids is 18. The molecule has 0 radical (unpaired) electrons. The average Bonchev–Trinajstić information content (AvgIpc) is 1.67. The molecule has 5 heterocycles. The van der Waals surface area contributed by atoms with E-state index in [-0.39, 0.29) is 166 Å². The van der Waals surface area contributed by atoms with Gasteiger partial charge in [0.1, 0.15) is 103 Å². The summed E-state index contributed by atoms with van der Waals surface area (Å²) in [7, 11) is 1.93. The van der Waals surface area contributed by atoms with Gasteiger partial charge in [-0.15, -0.1) is 0 Å². The molecule has 0 aliphatic carbocycles. The van der Waals surface area contributed by atoms with Crippen molar-refractivity contribution in [2.75, 3.05) is 63.9 Å². The van der Waals surface area contributed by atoms with Crippen LogP contribution in [0.4, 0.5) is 0 Å². The van der Waals surface area contributed by atoms with Gasteiger partial charge in [0.2, 0.25) is 106 Å². The smallest absolute Gasteiger partial charge is 0.303 e. The van der Waals surface area contributed by atoms with Crippen LogP contribution in [0.1, 0.15) is 207 Å². The first-order chi connectivity index (χ1) is 66.7. The largest absolute Gasteiger partial charge is 0.481 e. The minimum absolute atomic E-state index is 0.00811. The van der Waals surface area contributed by atoms with Gasteiger partial charge in [-0.05, 0) is 177 Å². The Morgan fingerprint density at radius 2 is 1.09 bits per heavy atom. The summed E-state index contributed by atoms with van der Waals surface area (Å²) in [6.07, 6.45) is 1.72. The number of carboxylic acids is 1. The number of hydrogen-bond acceptors (Lipinski definition) is 25. The van der Waals surface area contributed by atoms with Crippen molar-refractivity contribution in [3.63, 3.8) is 0 Å². The van der Waals surface area contributed by atoms with Crippen LogP contribution in [-0.2, 0) is 104 Å². The summed E-state index contributed by atoms with van der Waals surface area (Å²) in [5, 5.41) is 66.2. The number of amides is 18. The minimum atomic E-state index is -1.84. The van der Waals surface area contributed by atoms with Crippen LogP contribution in [0.2, 0.25) is 5.02 Å². The second-order valence-electron chi connectivity index (χ2n) is 36.8. The van der Waals surface area contributed by atoms with Gasteiger partial charge in [-0.25, -0.2) is 0 Å². The quantitative estimate of drug-likeness (QED) is 0.0149. The molecule has 3 unspecified atom stereocenters. The Bertz CT molecular complexity index is 4620. The molecule has 0 aromatic heterocycles. The third-order valence-electron chi connectivity index (χ3n) is 25.1. The van der Waals surface area contributed by atoms with E-state index in [0.29, 0.717) is 56.1 Å². The molecule has 5 saturated heterocycles. The number of guanidine groups is 1. The normalized spacial score (nSPS) is 24.1. The van der Waals surface area contributed by atoms with Gasteiger partial charge in [0.25, 0.3) is 0 Å². The fraction of sp³-hybridized carbons (Fsp3) is 0.656. The maximum atomic E-state index is 15.7.